The van der Waals surface area contributed by atoms with Crippen molar-refractivity contribution in [2.24, 2.45) is 0 Å². The second-order valence-electron chi connectivity index (χ2n) is 4.79. The van der Waals surface area contributed by atoms with E-state index < -0.39 is 9.84 Å². The van der Waals surface area contributed by atoms with Crippen LogP contribution in [-0.4, -0.2) is 29.6 Å². The molecule has 3 rings (SSSR count). The van der Waals surface area contributed by atoms with E-state index in [1.54, 1.807) is 30.5 Å². The fourth-order valence-corrected chi connectivity index (χ4v) is 2.68. The molecule has 0 fully saturated rings. The highest BCUT2D eigenvalue weighted by Gasteiger charge is 2.10. The van der Waals surface area contributed by atoms with Crippen LogP contribution < -0.4 is 5.32 Å². The molecule has 0 saturated heterocycles. The maximum Gasteiger partial charge on any atom is 0.175 e. The molecular formula is C14H14N4O2S. The van der Waals surface area contributed by atoms with E-state index >= 15 is 0 Å². The Morgan fingerprint density at radius 2 is 2.00 bits per heavy atom. The molecule has 0 aliphatic carbocycles. The van der Waals surface area contributed by atoms with E-state index in [2.05, 4.69) is 20.3 Å². The minimum atomic E-state index is -3.23. The van der Waals surface area contributed by atoms with Gasteiger partial charge in [0, 0.05) is 18.1 Å². The fraction of sp³-hybridized carbons (Fsp3) is 0.143. The third-order valence-corrected chi connectivity index (χ3v) is 4.19. The Morgan fingerprint density at radius 1 is 1.19 bits per heavy atom. The van der Waals surface area contributed by atoms with Gasteiger partial charge in [0.05, 0.1) is 10.6 Å². The van der Waals surface area contributed by atoms with Crippen LogP contribution in [0.15, 0.2) is 41.4 Å². The van der Waals surface area contributed by atoms with Crippen molar-refractivity contribution in [1.29, 1.82) is 0 Å². The van der Waals surface area contributed by atoms with Crippen LogP contribution >= 0.6 is 0 Å². The van der Waals surface area contributed by atoms with Crippen molar-refractivity contribution >= 4 is 32.5 Å². The quantitative estimate of drug-likeness (QED) is 0.775. The number of H-pyrrole nitrogens is 1. The monoisotopic (exact) mass is 302 g/mol. The topological polar surface area (TPSA) is 87.7 Å². The summed E-state index contributed by atoms with van der Waals surface area (Å²) in [6.45, 7) is 1.84. The Balaban J connectivity index is 2.00. The van der Waals surface area contributed by atoms with Crippen LogP contribution in [-0.2, 0) is 9.84 Å². The Bertz CT molecular complexity index is 916. The van der Waals surface area contributed by atoms with Gasteiger partial charge in [0.15, 0.2) is 21.3 Å². The van der Waals surface area contributed by atoms with Gasteiger partial charge in [0.1, 0.15) is 5.52 Å². The van der Waals surface area contributed by atoms with Gasteiger partial charge in [0.25, 0.3) is 0 Å². The van der Waals surface area contributed by atoms with Crippen molar-refractivity contribution in [3.8, 4) is 0 Å². The van der Waals surface area contributed by atoms with Crippen LogP contribution in [0.4, 0.5) is 11.5 Å². The van der Waals surface area contributed by atoms with E-state index in [1.165, 1.54) is 6.26 Å². The molecule has 0 amide bonds. The second kappa shape index (κ2) is 4.85. The highest BCUT2D eigenvalue weighted by atomic mass is 32.2. The van der Waals surface area contributed by atoms with Crippen molar-refractivity contribution in [2.45, 2.75) is 11.8 Å². The number of benzene rings is 1. The number of aromatic amines is 1. The lowest BCUT2D eigenvalue weighted by molar-refractivity contribution is 0.602. The summed E-state index contributed by atoms with van der Waals surface area (Å²) in [5.74, 6) is 0.604. The Morgan fingerprint density at radius 3 is 2.76 bits per heavy atom. The number of hydrogen-bond donors (Lipinski definition) is 2. The third-order valence-electron chi connectivity index (χ3n) is 3.08. The lowest BCUT2D eigenvalue weighted by Gasteiger charge is -2.09. The third kappa shape index (κ3) is 2.73. The zero-order chi connectivity index (χ0) is 15.0. The first-order chi connectivity index (χ1) is 9.93. The molecule has 2 N–H and O–H groups in total. The van der Waals surface area contributed by atoms with Crippen molar-refractivity contribution in [1.82, 2.24) is 15.0 Å². The molecule has 7 heteroatoms. The van der Waals surface area contributed by atoms with Gasteiger partial charge < -0.3 is 10.3 Å². The van der Waals surface area contributed by atoms with Crippen molar-refractivity contribution in [3.05, 3.63) is 42.2 Å². The first-order valence-corrected chi connectivity index (χ1v) is 8.21. The molecule has 21 heavy (non-hydrogen) atoms. The minimum absolute atomic E-state index is 0.265. The van der Waals surface area contributed by atoms with Gasteiger partial charge in [0.2, 0.25) is 0 Å². The SMILES string of the molecule is Cc1nc2[nH]ccc2nc1Nc1cccc(S(C)(=O)=O)c1. The van der Waals surface area contributed by atoms with Crippen LogP contribution in [0.25, 0.3) is 11.2 Å². The number of nitrogens with one attached hydrogen (secondary N) is 2. The van der Waals surface area contributed by atoms with Crippen LogP contribution in [0.5, 0.6) is 0 Å². The first-order valence-electron chi connectivity index (χ1n) is 6.32. The van der Waals surface area contributed by atoms with Gasteiger partial charge in [-0.1, -0.05) is 6.07 Å². The van der Waals surface area contributed by atoms with Crippen LogP contribution in [0, 0.1) is 6.92 Å². The first kappa shape index (κ1) is 13.6. The maximum absolute atomic E-state index is 11.6. The lowest BCUT2D eigenvalue weighted by Crippen LogP contribution is -2.01. The summed E-state index contributed by atoms with van der Waals surface area (Å²) in [6, 6.07) is 8.46. The Kier molecular flexibility index (Phi) is 3.13. The van der Waals surface area contributed by atoms with E-state index in [-0.39, 0.29) is 4.90 Å². The van der Waals surface area contributed by atoms with Gasteiger partial charge in [-0.25, -0.2) is 18.4 Å². The van der Waals surface area contributed by atoms with Gasteiger partial charge in [-0.2, -0.15) is 0 Å². The standard InChI is InChI=1S/C14H14N4O2S/c1-9-13(18-12-6-7-15-14(12)16-9)17-10-4-3-5-11(8-10)21(2,19)20/h3-8H,1-2H3,(H,15,16)(H,17,18). The van der Waals surface area contributed by atoms with E-state index in [0.717, 1.165) is 16.9 Å². The molecule has 1 aromatic carbocycles. The van der Waals surface area contributed by atoms with E-state index in [0.29, 0.717) is 11.5 Å². The minimum Gasteiger partial charge on any atom is -0.345 e. The highest BCUT2D eigenvalue weighted by Crippen LogP contribution is 2.22. The van der Waals surface area contributed by atoms with Gasteiger partial charge in [-0.15, -0.1) is 0 Å². The molecule has 6 nitrogen and oxygen atoms in total. The summed E-state index contributed by atoms with van der Waals surface area (Å²) in [4.78, 5) is 12.1. The molecule has 0 aliphatic heterocycles. The average Bonchev–Trinajstić information content (AvgIpc) is 2.85. The van der Waals surface area contributed by atoms with Gasteiger partial charge in [-0.3, -0.25) is 0 Å². The van der Waals surface area contributed by atoms with Crippen molar-refractivity contribution < 1.29 is 8.42 Å². The molecule has 0 saturated carbocycles. The number of sulfone groups is 1. The lowest BCUT2D eigenvalue weighted by atomic mass is 10.3. The molecule has 108 valence electrons. The van der Waals surface area contributed by atoms with Gasteiger partial charge in [-0.05, 0) is 31.2 Å². The normalized spacial score (nSPS) is 11.7. The molecule has 3 aromatic rings. The molecule has 2 aromatic heterocycles. The van der Waals surface area contributed by atoms with E-state index in [9.17, 15) is 8.42 Å². The average molecular weight is 302 g/mol. The number of nitrogens with zero attached hydrogens (tertiary/aromatic N) is 2. The van der Waals surface area contributed by atoms with Crippen molar-refractivity contribution in [3.63, 3.8) is 0 Å². The maximum atomic E-state index is 11.6. The zero-order valence-corrected chi connectivity index (χ0v) is 12.4. The van der Waals surface area contributed by atoms with Gasteiger partial charge >= 0.3 is 0 Å². The van der Waals surface area contributed by atoms with E-state index in [4.69, 9.17) is 0 Å². The predicted molar refractivity (Wildman–Crippen MR) is 81.5 cm³/mol. The predicted octanol–water partition coefficient (Wildman–Crippen LogP) is 2.41. The largest absolute Gasteiger partial charge is 0.345 e. The molecule has 0 aliphatic rings. The Hall–Kier alpha value is -2.41. The zero-order valence-electron chi connectivity index (χ0n) is 11.6. The summed E-state index contributed by atoms with van der Waals surface area (Å²) < 4.78 is 23.2. The smallest absolute Gasteiger partial charge is 0.175 e. The summed E-state index contributed by atoms with van der Waals surface area (Å²) in [5, 5.41) is 3.11. The summed E-state index contributed by atoms with van der Waals surface area (Å²) in [5.41, 5.74) is 2.87. The summed E-state index contributed by atoms with van der Waals surface area (Å²) in [7, 11) is -3.23. The molecule has 0 atom stereocenters. The number of anilines is 2. The molecule has 0 spiro atoms. The molecule has 0 unspecified atom stereocenters. The van der Waals surface area contributed by atoms with Crippen LogP contribution in [0.3, 0.4) is 0 Å². The highest BCUT2D eigenvalue weighted by molar-refractivity contribution is 7.90. The number of aryl methyl sites for hydroxylation is 1. The molecular weight excluding hydrogens is 288 g/mol. The molecule has 0 bridgehead atoms. The van der Waals surface area contributed by atoms with Crippen LogP contribution in [0.1, 0.15) is 5.69 Å². The molecule has 2 heterocycles. The van der Waals surface area contributed by atoms with E-state index in [1.807, 2.05) is 13.0 Å². The number of rotatable bonds is 3. The van der Waals surface area contributed by atoms with Crippen molar-refractivity contribution in [2.75, 3.05) is 11.6 Å². The fourth-order valence-electron chi connectivity index (χ4n) is 2.01. The second-order valence-corrected chi connectivity index (χ2v) is 6.81. The number of aromatic nitrogens is 3. The number of hydrogen-bond acceptors (Lipinski definition) is 5. The Labute approximate surface area is 122 Å². The molecule has 0 radical (unpaired) electrons. The van der Waals surface area contributed by atoms with Crippen LogP contribution in [0.2, 0.25) is 0 Å². The summed E-state index contributed by atoms with van der Waals surface area (Å²) in [6.07, 6.45) is 2.96. The number of fused-ring (bicyclic) bond motifs is 1. The summed E-state index contributed by atoms with van der Waals surface area (Å²) >= 11 is 0.